The number of aromatic nitrogens is 2. The van der Waals surface area contributed by atoms with Crippen LogP contribution >= 0.6 is 0 Å². The zero-order chi connectivity index (χ0) is 15.6. The molecule has 1 fully saturated rings. The summed E-state index contributed by atoms with van der Waals surface area (Å²) in [7, 11) is 0. The van der Waals surface area contributed by atoms with Crippen LogP contribution < -0.4 is 5.73 Å². The minimum absolute atomic E-state index is 0.293. The monoisotopic (exact) mass is 308 g/mol. The van der Waals surface area contributed by atoms with Crippen molar-refractivity contribution in [1.82, 2.24) is 15.0 Å². The number of hydrogen-bond acceptors (Lipinski definition) is 5. The van der Waals surface area contributed by atoms with Crippen LogP contribution in [0.5, 0.6) is 0 Å². The molecule has 118 valence electrons. The molecule has 1 heterocycles. The number of benzene rings is 2. The van der Waals surface area contributed by atoms with Gasteiger partial charge in [0.1, 0.15) is 0 Å². The van der Waals surface area contributed by atoms with E-state index in [1.54, 1.807) is 0 Å². The molecule has 1 aromatic heterocycles. The third kappa shape index (κ3) is 3.25. The molecule has 1 aliphatic rings. The minimum Gasteiger partial charge on any atom is -0.338 e. The highest BCUT2D eigenvalue weighted by Crippen LogP contribution is 2.30. The first-order chi connectivity index (χ1) is 11.3. The lowest BCUT2D eigenvalue weighted by atomic mass is 10.1. The summed E-state index contributed by atoms with van der Waals surface area (Å²) < 4.78 is 5.11. The molecule has 0 atom stereocenters. The Morgan fingerprint density at radius 1 is 1.09 bits per heavy atom. The van der Waals surface area contributed by atoms with Gasteiger partial charge < -0.3 is 10.3 Å². The van der Waals surface area contributed by atoms with Crippen molar-refractivity contribution in [1.29, 1.82) is 0 Å². The van der Waals surface area contributed by atoms with Gasteiger partial charge in [-0.25, -0.2) is 0 Å². The van der Waals surface area contributed by atoms with E-state index in [1.165, 1.54) is 29.2 Å². The van der Waals surface area contributed by atoms with E-state index in [-0.39, 0.29) is 0 Å². The maximum atomic E-state index is 5.53. The van der Waals surface area contributed by atoms with Crippen LogP contribution in [0.4, 0.5) is 0 Å². The Kier molecular flexibility index (Phi) is 3.81. The number of nitrogens with zero attached hydrogens (tertiary/aromatic N) is 3. The Morgan fingerprint density at radius 3 is 2.65 bits per heavy atom. The summed E-state index contributed by atoms with van der Waals surface area (Å²) in [6, 6.07) is 15.8. The molecule has 2 aromatic carbocycles. The molecule has 0 spiro atoms. The SMILES string of the molecule is NCc1nc(CN(Cc2ccc3ccccc3c2)C2CC2)no1. The Morgan fingerprint density at radius 2 is 1.91 bits per heavy atom. The summed E-state index contributed by atoms with van der Waals surface area (Å²) in [5.74, 6) is 1.22. The van der Waals surface area contributed by atoms with E-state index in [4.69, 9.17) is 10.3 Å². The van der Waals surface area contributed by atoms with Crippen molar-refractivity contribution < 1.29 is 4.52 Å². The molecule has 0 bridgehead atoms. The summed E-state index contributed by atoms with van der Waals surface area (Å²) in [5, 5.41) is 6.58. The van der Waals surface area contributed by atoms with Gasteiger partial charge in [-0.05, 0) is 35.2 Å². The first-order valence-corrected chi connectivity index (χ1v) is 8.05. The van der Waals surface area contributed by atoms with E-state index < -0.39 is 0 Å². The van der Waals surface area contributed by atoms with Gasteiger partial charge in [0.25, 0.3) is 0 Å². The quantitative estimate of drug-likeness (QED) is 0.758. The predicted molar refractivity (Wildman–Crippen MR) is 88.4 cm³/mol. The minimum atomic E-state index is 0.293. The molecule has 5 heteroatoms. The fourth-order valence-corrected chi connectivity index (χ4v) is 2.94. The standard InChI is InChI=1S/C18H20N4O/c19-10-18-20-17(21-23-18)12-22(16-7-8-16)11-13-5-6-14-3-1-2-4-15(14)9-13/h1-6,9,16H,7-8,10-12,19H2. The van der Waals surface area contributed by atoms with Crippen molar-refractivity contribution in [2.75, 3.05) is 0 Å². The Balaban J connectivity index is 1.52. The molecule has 23 heavy (non-hydrogen) atoms. The van der Waals surface area contributed by atoms with Gasteiger partial charge in [0.05, 0.1) is 13.1 Å². The molecule has 0 radical (unpaired) electrons. The normalized spacial score (nSPS) is 14.7. The van der Waals surface area contributed by atoms with Gasteiger partial charge in [-0.2, -0.15) is 4.98 Å². The average molecular weight is 308 g/mol. The topological polar surface area (TPSA) is 68.2 Å². The highest BCUT2D eigenvalue weighted by atomic mass is 16.5. The average Bonchev–Trinajstić information content (AvgIpc) is 3.34. The van der Waals surface area contributed by atoms with E-state index in [0.717, 1.165) is 12.4 Å². The zero-order valence-corrected chi connectivity index (χ0v) is 13.0. The van der Waals surface area contributed by atoms with E-state index in [9.17, 15) is 0 Å². The van der Waals surface area contributed by atoms with E-state index in [2.05, 4.69) is 57.5 Å². The molecular formula is C18H20N4O. The summed E-state index contributed by atoms with van der Waals surface area (Å²) in [6.07, 6.45) is 2.49. The van der Waals surface area contributed by atoms with E-state index in [0.29, 0.717) is 25.0 Å². The van der Waals surface area contributed by atoms with Crippen molar-refractivity contribution in [2.24, 2.45) is 5.73 Å². The van der Waals surface area contributed by atoms with E-state index >= 15 is 0 Å². The lowest BCUT2D eigenvalue weighted by molar-refractivity contribution is 0.235. The summed E-state index contributed by atoms with van der Waals surface area (Å²) >= 11 is 0. The highest BCUT2D eigenvalue weighted by molar-refractivity contribution is 5.82. The summed E-state index contributed by atoms with van der Waals surface area (Å²) in [6.45, 7) is 1.91. The van der Waals surface area contributed by atoms with Crippen LogP contribution in [0.15, 0.2) is 47.0 Å². The third-order valence-corrected chi connectivity index (χ3v) is 4.29. The number of nitrogens with two attached hydrogens (primary N) is 1. The molecule has 3 aromatic rings. The van der Waals surface area contributed by atoms with Gasteiger partial charge in [0, 0.05) is 12.6 Å². The molecule has 1 aliphatic carbocycles. The Hall–Kier alpha value is -2.24. The van der Waals surface area contributed by atoms with Crippen LogP contribution in [0, 0.1) is 0 Å². The van der Waals surface area contributed by atoms with Crippen molar-refractivity contribution in [3.8, 4) is 0 Å². The van der Waals surface area contributed by atoms with Gasteiger partial charge in [-0.1, -0.05) is 41.6 Å². The molecule has 0 aliphatic heterocycles. The Labute approximate surface area is 135 Å². The van der Waals surface area contributed by atoms with Crippen LogP contribution in [0.25, 0.3) is 10.8 Å². The number of fused-ring (bicyclic) bond motifs is 1. The number of hydrogen-bond donors (Lipinski definition) is 1. The second-order valence-corrected chi connectivity index (χ2v) is 6.13. The molecule has 0 amide bonds. The second-order valence-electron chi connectivity index (χ2n) is 6.13. The lowest BCUT2D eigenvalue weighted by Gasteiger charge is -2.20. The first-order valence-electron chi connectivity index (χ1n) is 8.05. The molecule has 0 saturated heterocycles. The van der Waals surface area contributed by atoms with Crippen molar-refractivity contribution in [2.45, 2.75) is 38.5 Å². The van der Waals surface area contributed by atoms with E-state index in [1.807, 2.05) is 0 Å². The number of rotatable bonds is 6. The summed E-state index contributed by atoms with van der Waals surface area (Å²) in [5.41, 5.74) is 6.85. The first kappa shape index (κ1) is 14.4. The molecule has 0 unspecified atom stereocenters. The zero-order valence-electron chi connectivity index (χ0n) is 13.0. The van der Waals surface area contributed by atoms with Crippen molar-refractivity contribution >= 4 is 10.8 Å². The molecule has 5 nitrogen and oxygen atoms in total. The highest BCUT2D eigenvalue weighted by Gasteiger charge is 2.30. The van der Waals surface area contributed by atoms with Crippen molar-refractivity contribution in [3.63, 3.8) is 0 Å². The van der Waals surface area contributed by atoms with Gasteiger partial charge in [-0.3, -0.25) is 4.90 Å². The fraction of sp³-hybridized carbons (Fsp3) is 0.333. The van der Waals surface area contributed by atoms with Gasteiger partial charge in [-0.15, -0.1) is 0 Å². The van der Waals surface area contributed by atoms with Crippen LogP contribution in [-0.2, 0) is 19.6 Å². The van der Waals surface area contributed by atoms with Crippen LogP contribution in [0.1, 0.15) is 30.1 Å². The molecule has 1 saturated carbocycles. The maximum Gasteiger partial charge on any atom is 0.240 e. The smallest absolute Gasteiger partial charge is 0.240 e. The third-order valence-electron chi connectivity index (χ3n) is 4.29. The van der Waals surface area contributed by atoms with Crippen LogP contribution in [0.3, 0.4) is 0 Å². The van der Waals surface area contributed by atoms with Crippen molar-refractivity contribution in [3.05, 3.63) is 59.7 Å². The molecule has 4 rings (SSSR count). The molecular weight excluding hydrogens is 288 g/mol. The lowest BCUT2D eigenvalue weighted by Crippen LogP contribution is -2.25. The molecule has 2 N–H and O–H groups in total. The van der Waals surface area contributed by atoms with Crippen LogP contribution in [-0.4, -0.2) is 21.1 Å². The second kappa shape index (κ2) is 6.10. The predicted octanol–water partition coefficient (Wildman–Crippen LogP) is 2.85. The fourth-order valence-electron chi connectivity index (χ4n) is 2.94. The largest absolute Gasteiger partial charge is 0.338 e. The van der Waals surface area contributed by atoms with Gasteiger partial charge in [0.15, 0.2) is 5.82 Å². The van der Waals surface area contributed by atoms with Gasteiger partial charge >= 0.3 is 0 Å². The van der Waals surface area contributed by atoms with Crippen LogP contribution in [0.2, 0.25) is 0 Å². The maximum absolute atomic E-state index is 5.53. The van der Waals surface area contributed by atoms with Gasteiger partial charge in [0.2, 0.25) is 5.89 Å². The summed E-state index contributed by atoms with van der Waals surface area (Å²) in [4.78, 5) is 6.75. The Bertz CT molecular complexity index is 809.